The monoisotopic (exact) mass is 428 g/mol. The fraction of sp³-hybridized carbons (Fsp3) is 0.227. The van der Waals surface area contributed by atoms with Crippen LogP contribution >= 0.6 is 0 Å². The molecule has 7 nitrogen and oxygen atoms in total. The number of pyridine rings is 1. The number of ether oxygens (including phenoxy) is 3. The van der Waals surface area contributed by atoms with E-state index < -0.39 is 10.0 Å². The predicted molar refractivity (Wildman–Crippen MR) is 113 cm³/mol. The van der Waals surface area contributed by atoms with Gasteiger partial charge >= 0.3 is 0 Å². The molecule has 0 amide bonds. The van der Waals surface area contributed by atoms with E-state index in [1.165, 1.54) is 23.5 Å². The van der Waals surface area contributed by atoms with Crippen LogP contribution in [0.1, 0.15) is 11.3 Å². The summed E-state index contributed by atoms with van der Waals surface area (Å²) in [6.45, 7) is 0.273. The molecular formula is C22H24N2O5S. The minimum absolute atomic E-state index is 0.129. The second kappa shape index (κ2) is 9.60. The summed E-state index contributed by atoms with van der Waals surface area (Å²) in [6.07, 6.45) is 1.64. The molecule has 3 aromatic rings. The van der Waals surface area contributed by atoms with Crippen molar-refractivity contribution in [3.8, 4) is 17.2 Å². The molecule has 0 fully saturated rings. The summed E-state index contributed by atoms with van der Waals surface area (Å²) in [5, 5.41) is 0. The molecule has 30 heavy (non-hydrogen) atoms. The molecule has 3 rings (SSSR count). The Kier molecular flexibility index (Phi) is 6.91. The van der Waals surface area contributed by atoms with Gasteiger partial charge in [0, 0.05) is 12.7 Å². The van der Waals surface area contributed by atoms with Crippen molar-refractivity contribution in [3.63, 3.8) is 0 Å². The third kappa shape index (κ3) is 4.90. The summed E-state index contributed by atoms with van der Waals surface area (Å²) >= 11 is 0. The van der Waals surface area contributed by atoms with E-state index in [1.54, 1.807) is 56.8 Å². The Bertz CT molecular complexity index is 1070. The van der Waals surface area contributed by atoms with Gasteiger partial charge in [-0.1, -0.05) is 12.1 Å². The highest BCUT2D eigenvalue weighted by Gasteiger charge is 2.26. The van der Waals surface area contributed by atoms with Gasteiger partial charge in [-0.25, -0.2) is 8.42 Å². The lowest BCUT2D eigenvalue weighted by atomic mass is 10.2. The zero-order valence-electron chi connectivity index (χ0n) is 17.1. The van der Waals surface area contributed by atoms with Crippen molar-refractivity contribution >= 4 is 10.0 Å². The zero-order valence-corrected chi connectivity index (χ0v) is 17.9. The molecule has 0 N–H and O–H groups in total. The number of sulfonamides is 1. The number of aromatic nitrogens is 1. The molecule has 0 aliphatic heterocycles. The Morgan fingerprint density at radius 1 is 0.833 bits per heavy atom. The second-order valence-corrected chi connectivity index (χ2v) is 8.40. The molecule has 0 atom stereocenters. The van der Waals surface area contributed by atoms with Crippen molar-refractivity contribution in [2.24, 2.45) is 0 Å². The van der Waals surface area contributed by atoms with Gasteiger partial charge in [0.2, 0.25) is 10.0 Å². The standard InChI is InChI=1S/C22H24N2O5S/c1-27-19-8-10-20(11-9-19)30(25,26)24(16-18-6-4-5-13-23-18)15-17-7-12-21(28-2)22(14-17)29-3/h4-14H,15-16H2,1-3H3. The Morgan fingerprint density at radius 2 is 1.57 bits per heavy atom. The Labute approximate surface area is 176 Å². The van der Waals surface area contributed by atoms with Gasteiger partial charge in [0.25, 0.3) is 0 Å². The number of nitrogens with zero attached hydrogens (tertiary/aromatic N) is 2. The quantitative estimate of drug-likeness (QED) is 0.519. The molecule has 1 heterocycles. The first kappa shape index (κ1) is 21.6. The van der Waals surface area contributed by atoms with Crippen LogP contribution < -0.4 is 14.2 Å². The van der Waals surface area contributed by atoms with Crippen LogP contribution in [0.3, 0.4) is 0 Å². The van der Waals surface area contributed by atoms with Crippen molar-refractivity contribution in [1.82, 2.24) is 9.29 Å². The predicted octanol–water partition coefficient (Wildman–Crippen LogP) is 3.50. The third-order valence-corrected chi connectivity index (χ3v) is 6.37. The van der Waals surface area contributed by atoms with Crippen molar-refractivity contribution in [2.45, 2.75) is 18.0 Å². The molecule has 0 saturated carbocycles. The minimum atomic E-state index is -3.79. The first-order chi connectivity index (χ1) is 14.5. The highest BCUT2D eigenvalue weighted by atomic mass is 32.2. The van der Waals surface area contributed by atoms with E-state index >= 15 is 0 Å². The van der Waals surface area contributed by atoms with E-state index in [0.29, 0.717) is 22.9 Å². The van der Waals surface area contributed by atoms with Crippen LogP contribution in [0.2, 0.25) is 0 Å². The van der Waals surface area contributed by atoms with Gasteiger partial charge in [-0.15, -0.1) is 0 Å². The summed E-state index contributed by atoms with van der Waals surface area (Å²) < 4.78 is 44.0. The fourth-order valence-electron chi connectivity index (χ4n) is 2.98. The van der Waals surface area contributed by atoms with Crippen LogP contribution in [-0.2, 0) is 23.1 Å². The van der Waals surface area contributed by atoms with Crippen LogP contribution in [-0.4, -0.2) is 39.0 Å². The van der Waals surface area contributed by atoms with Gasteiger partial charge < -0.3 is 14.2 Å². The number of hydrogen-bond acceptors (Lipinski definition) is 6. The maximum Gasteiger partial charge on any atom is 0.243 e. The molecule has 0 radical (unpaired) electrons. The number of methoxy groups -OCH3 is 3. The van der Waals surface area contributed by atoms with Gasteiger partial charge in [0.1, 0.15) is 5.75 Å². The average molecular weight is 429 g/mol. The Morgan fingerprint density at radius 3 is 2.17 bits per heavy atom. The Balaban J connectivity index is 1.97. The third-order valence-electron chi connectivity index (χ3n) is 4.57. The van der Waals surface area contributed by atoms with Crippen molar-refractivity contribution in [1.29, 1.82) is 0 Å². The maximum atomic E-state index is 13.4. The first-order valence-corrected chi connectivity index (χ1v) is 10.7. The van der Waals surface area contributed by atoms with E-state index in [1.807, 2.05) is 12.1 Å². The number of hydrogen-bond donors (Lipinski definition) is 0. The van der Waals surface area contributed by atoms with Crippen molar-refractivity contribution < 1.29 is 22.6 Å². The molecular weight excluding hydrogens is 404 g/mol. The molecule has 0 saturated heterocycles. The topological polar surface area (TPSA) is 78.0 Å². The van der Waals surface area contributed by atoms with Gasteiger partial charge in [-0.3, -0.25) is 4.98 Å². The summed E-state index contributed by atoms with van der Waals surface area (Å²) in [7, 11) is 0.841. The van der Waals surface area contributed by atoms with Crippen LogP contribution in [0, 0.1) is 0 Å². The molecule has 0 aliphatic rings. The van der Waals surface area contributed by atoms with E-state index in [0.717, 1.165) is 5.56 Å². The van der Waals surface area contributed by atoms with Gasteiger partial charge in [0.15, 0.2) is 11.5 Å². The average Bonchev–Trinajstić information content (AvgIpc) is 2.79. The molecule has 1 aromatic heterocycles. The first-order valence-electron chi connectivity index (χ1n) is 9.23. The highest BCUT2D eigenvalue weighted by molar-refractivity contribution is 7.89. The van der Waals surface area contributed by atoms with Crippen LogP contribution in [0.4, 0.5) is 0 Å². The highest BCUT2D eigenvalue weighted by Crippen LogP contribution is 2.29. The van der Waals surface area contributed by atoms with Crippen molar-refractivity contribution in [2.75, 3.05) is 21.3 Å². The van der Waals surface area contributed by atoms with Crippen LogP contribution in [0.25, 0.3) is 0 Å². The fourth-order valence-corrected chi connectivity index (χ4v) is 4.38. The number of benzene rings is 2. The smallest absolute Gasteiger partial charge is 0.243 e. The van der Waals surface area contributed by atoms with E-state index in [2.05, 4.69) is 4.98 Å². The Hall–Kier alpha value is -3.10. The summed E-state index contributed by atoms with van der Waals surface area (Å²) in [5.74, 6) is 1.70. The maximum absolute atomic E-state index is 13.4. The van der Waals surface area contributed by atoms with Gasteiger partial charge in [-0.05, 0) is 54.1 Å². The van der Waals surface area contributed by atoms with Crippen molar-refractivity contribution in [3.05, 3.63) is 78.1 Å². The summed E-state index contributed by atoms with van der Waals surface area (Å²) in [5.41, 5.74) is 1.41. The summed E-state index contributed by atoms with van der Waals surface area (Å²) in [6, 6.07) is 17.1. The molecule has 0 bridgehead atoms. The van der Waals surface area contributed by atoms with Gasteiger partial charge in [0.05, 0.1) is 38.5 Å². The number of rotatable bonds is 9. The van der Waals surface area contributed by atoms with E-state index in [4.69, 9.17) is 14.2 Å². The molecule has 2 aromatic carbocycles. The lowest BCUT2D eigenvalue weighted by Gasteiger charge is -2.23. The molecule has 0 unspecified atom stereocenters. The molecule has 158 valence electrons. The lowest BCUT2D eigenvalue weighted by Crippen LogP contribution is -2.30. The molecule has 0 aliphatic carbocycles. The summed E-state index contributed by atoms with van der Waals surface area (Å²) in [4.78, 5) is 4.47. The SMILES string of the molecule is COc1ccc(S(=O)(=O)N(Cc2ccc(OC)c(OC)c2)Cc2ccccn2)cc1. The normalized spacial score (nSPS) is 11.3. The zero-order chi connectivity index (χ0) is 21.6. The molecule has 0 spiro atoms. The van der Waals surface area contributed by atoms with Gasteiger partial charge in [-0.2, -0.15) is 4.31 Å². The van der Waals surface area contributed by atoms with Crippen LogP contribution in [0.15, 0.2) is 71.8 Å². The molecule has 8 heteroatoms. The van der Waals surface area contributed by atoms with Crippen LogP contribution in [0.5, 0.6) is 17.2 Å². The minimum Gasteiger partial charge on any atom is -0.497 e. The van der Waals surface area contributed by atoms with E-state index in [9.17, 15) is 8.42 Å². The van der Waals surface area contributed by atoms with E-state index in [-0.39, 0.29) is 18.0 Å². The lowest BCUT2D eigenvalue weighted by molar-refractivity contribution is 0.352. The largest absolute Gasteiger partial charge is 0.497 e. The second-order valence-electron chi connectivity index (χ2n) is 6.46.